The quantitative estimate of drug-likeness (QED) is 0.835. The van der Waals surface area contributed by atoms with Gasteiger partial charge in [0.15, 0.2) is 5.65 Å². The van der Waals surface area contributed by atoms with Crippen LogP contribution in [0.15, 0.2) is 18.3 Å². The van der Waals surface area contributed by atoms with E-state index in [1.807, 2.05) is 22.7 Å². The second-order valence-corrected chi connectivity index (χ2v) is 5.01. The minimum Gasteiger partial charge on any atom is -0.386 e. The Hall–Kier alpha value is -1.42. The van der Waals surface area contributed by atoms with Crippen LogP contribution in [0.25, 0.3) is 5.65 Å². The van der Waals surface area contributed by atoms with Crippen molar-refractivity contribution in [2.45, 2.75) is 38.2 Å². The van der Waals surface area contributed by atoms with E-state index in [1.54, 1.807) is 13.8 Å². The lowest BCUT2D eigenvalue weighted by atomic mass is 10.00. The van der Waals surface area contributed by atoms with E-state index in [0.29, 0.717) is 5.92 Å². The fourth-order valence-corrected chi connectivity index (χ4v) is 2.03. The van der Waals surface area contributed by atoms with Crippen LogP contribution in [0.3, 0.4) is 0 Å². The summed E-state index contributed by atoms with van der Waals surface area (Å²) >= 11 is 0. The summed E-state index contributed by atoms with van der Waals surface area (Å²) in [4.78, 5) is 0. The molecule has 0 spiro atoms. The number of rotatable bonds is 2. The molecule has 4 heteroatoms. The molecular formula is C12H15N3O. The molecule has 1 aliphatic carbocycles. The zero-order chi connectivity index (χ0) is 11.3. The molecule has 0 unspecified atom stereocenters. The van der Waals surface area contributed by atoms with Crippen molar-refractivity contribution >= 4 is 5.65 Å². The Morgan fingerprint density at radius 3 is 2.75 bits per heavy atom. The monoisotopic (exact) mass is 217 g/mol. The van der Waals surface area contributed by atoms with Crippen molar-refractivity contribution in [1.29, 1.82) is 0 Å². The van der Waals surface area contributed by atoms with Gasteiger partial charge in [0, 0.05) is 17.7 Å². The number of hydrogen-bond acceptors (Lipinski definition) is 3. The molecule has 0 aliphatic heterocycles. The summed E-state index contributed by atoms with van der Waals surface area (Å²) in [5, 5.41) is 18.5. The van der Waals surface area contributed by atoms with Crippen LogP contribution in [0, 0.1) is 0 Å². The van der Waals surface area contributed by atoms with E-state index in [4.69, 9.17) is 0 Å². The van der Waals surface area contributed by atoms with Crippen molar-refractivity contribution in [3.05, 3.63) is 29.7 Å². The minimum absolute atomic E-state index is 0.562. The van der Waals surface area contributed by atoms with Gasteiger partial charge in [-0.05, 0) is 32.8 Å². The number of hydrogen-bond donors (Lipinski definition) is 1. The molecule has 0 atom stereocenters. The van der Waals surface area contributed by atoms with E-state index in [9.17, 15) is 5.11 Å². The van der Waals surface area contributed by atoms with Crippen molar-refractivity contribution in [3.63, 3.8) is 0 Å². The highest BCUT2D eigenvalue weighted by Gasteiger charge is 2.30. The van der Waals surface area contributed by atoms with Gasteiger partial charge in [-0.3, -0.25) is 4.40 Å². The van der Waals surface area contributed by atoms with Crippen LogP contribution in [0.5, 0.6) is 0 Å². The van der Waals surface area contributed by atoms with Crippen molar-refractivity contribution < 1.29 is 5.11 Å². The number of aliphatic hydroxyl groups is 1. The van der Waals surface area contributed by atoms with Gasteiger partial charge in [0.1, 0.15) is 5.82 Å². The summed E-state index contributed by atoms with van der Waals surface area (Å²) in [6.45, 7) is 3.54. The predicted molar refractivity (Wildman–Crippen MR) is 60.2 cm³/mol. The normalized spacial score (nSPS) is 16.9. The molecule has 0 bridgehead atoms. The third-order valence-electron chi connectivity index (χ3n) is 3.06. The largest absolute Gasteiger partial charge is 0.386 e. The van der Waals surface area contributed by atoms with E-state index in [0.717, 1.165) is 17.0 Å². The summed E-state index contributed by atoms with van der Waals surface area (Å²) in [5.41, 5.74) is 0.724. The van der Waals surface area contributed by atoms with Gasteiger partial charge in [0.2, 0.25) is 0 Å². The van der Waals surface area contributed by atoms with Crippen LogP contribution in [0.4, 0.5) is 0 Å². The zero-order valence-corrected chi connectivity index (χ0v) is 9.51. The molecule has 2 aromatic heterocycles. The van der Waals surface area contributed by atoms with Crippen molar-refractivity contribution in [1.82, 2.24) is 14.6 Å². The number of aromatic nitrogens is 3. The van der Waals surface area contributed by atoms with E-state index < -0.39 is 5.60 Å². The van der Waals surface area contributed by atoms with Crippen LogP contribution in [-0.4, -0.2) is 19.7 Å². The van der Waals surface area contributed by atoms with E-state index >= 15 is 0 Å². The second-order valence-electron chi connectivity index (χ2n) is 5.01. The van der Waals surface area contributed by atoms with Gasteiger partial charge in [-0.25, -0.2) is 0 Å². The first-order valence-electron chi connectivity index (χ1n) is 5.64. The van der Waals surface area contributed by atoms with Crippen molar-refractivity contribution in [2.75, 3.05) is 0 Å². The summed E-state index contributed by atoms with van der Waals surface area (Å²) in [6.07, 6.45) is 4.37. The first-order valence-corrected chi connectivity index (χ1v) is 5.64. The maximum Gasteiger partial charge on any atom is 0.166 e. The highest BCUT2D eigenvalue weighted by Crippen LogP contribution is 2.39. The predicted octanol–water partition coefficient (Wildman–Crippen LogP) is 1.83. The zero-order valence-electron chi connectivity index (χ0n) is 9.51. The minimum atomic E-state index is -0.879. The molecule has 16 heavy (non-hydrogen) atoms. The van der Waals surface area contributed by atoms with Gasteiger partial charge in [0.05, 0.1) is 5.60 Å². The Bertz CT molecular complexity index is 535. The lowest BCUT2D eigenvalue weighted by Crippen LogP contribution is -2.17. The van der Waals surface area contributed by atoms with Crippen LogP contribution in [0.2, 0.25) is 0 Å². The lowest BCUT2D eigenvalue weighted by Gasteiger charge is -2.17. The Labute approximate surface area is 93.9 Å². The van der Waals surface area contributed by atoms with Gasteiger partial charge in [-0.1, -0.05) is 6.07 Å². The van der Waals surface area contributed by atoms with Crippen LogP contribution < -0.4 is 0 Å². The topological polar surface area (TPSA) is 50.4 Å². The van der Waals surface area contributed by atoms with Crippen LogP contribution in [-0.2, 0) is 5.60 Å². The lowest BCUT2D eigenvalue weighted by molar-refractivity contribution is 0.0796. The maximum absolute atomic E-state index is 10.1. The molecule has 2 heterocycles. The van der Waals surface area contributed by atoms with Gasteiger partial charge < -0.3 is 5.11 Å². The van der Waals surface area contributed by atoms with E-state index in [2.05, 4.69) is 10.2 Å². The summed E-state index contributed by atoms with van der Waals surface area (Å²) in [7, 11) is 0. The Kier molecular flexibility index (Phi) is 1.86. The molecule has 1 aliphatic rings. The van der Waals surface area contributed by atoms with Gasteiger partial charge >= 0.3 is 0 Å². The van der Waals surface area contributed by atoms with Gasteiger partial charge in [-0.2, -0.15) is 0 Å². The molecule has 84 valence electrons. The fraction of sp³-hybridized carbons (Fsp3) is 0.500. The molecule has 2 aromatic rings. The van der Waals surface area contributed by atoms with Gasteiger partial charge in [-0.15, -0.1) is 10.2 Å². The standard InChI is InChI=1S/C12H15N3O/c1-12(2,16)9-4-3-7-15-10(8-5-6-8)13-14-11(9)15/h3-4,7-8,16H,5-6H2,1-2H3. The van der Waals surface area contributed by atoms with E-state index in [1.165, 1.54) is 12.8 Å². The molecule has 3 rings (SSSR count). The van der Waals surface area contributed by atoms with Crippen LogP contribution >= 0.6 is 0 Å². The summed E-state index contributed by atoms with van der Waals surface area (Å²) in [6, 6.07) is 3.84. The first-order chi connectivity index (χ1) is 7.57. The molecule has 1 fully saturated rings. The molecular weight excluding hydrogens is 202 g/mol. The molecule has 4 nitrogen and oxygen atoms in total. The third kappa shape index (κ3) is 1.41. The summed E-state index contributed by atoms with van der Waals surface area (Å²) < 4.78 is 2.00. The molecule has 0 aromatic carbocycles. The third-order valence-corrected chi connectivity index (χ3v) is 3.06. The second kappa shape index (κ2) is 3.04. The first kappa shape index (κ1) is 9.78. The summed E-state index contributed by atoms with van der Waals surface area (Å²) in [5.74, 6) is 1.59. The van der Waals surface area contributed by atoms with E-state index in [-0.39, 0.29) is 0 Å². The van der Waals surface area contributed by atoms with Crippen molar-refractivity contribution in [2.24, 2.45) is 0 Å². The van der Waals surface area contributed by atoms with Crippen LogP contribution in [0.1, 0.15) is 44.0 Å². The van der Waals surface area contributed by atoms with Crippen molar-refractivity contribution in [3.8, 4) is 0 Å². The Morgan fingerprint density at radius 2 is 2.12 bits per heavy atom. The molecule has 1 saturated carbocycles. The SMILES string of the molecule is CC(C)(O)c1cccn2c(C3CC3)nnc12. The Morgan fingerprint density at radius 1 is 1.38 bits per heavy atom. The smallest absolute Gasteiger partial charge is 0.166 e. The average Bonchev–Trinajstić information content (AvgIpc) is 2.96. The average molecular weight is 217 g/mol. The van der Waals surface area contributed by atoms with Gasteiger partial charge in [0.25, 0.3) is 0 Å². The highest BCUT2D eigenvalue weighted by molar-refractivity contribution is 5.50. The molecule has 0 amide bonds. The fourth-order valence-electron chi connectivity index (χ4n) is 2.03. The number of pyridine rings is 1. The molecule has 0 saturated heterocycles. The molecule has 1 N–H and O–H groups in total. The Balaban J connectivity index is 2.24. The molecule has 0 radical (unpaired) electrons. The highest BCUT2D eigenvalue weighted by atomic mass is 16.3. The maximum atomic E-state index is 10.1. The number of fused-ring (bicyclic) bond motifs is 1. The number of nitrogens with zero attached hydrogens (tertiary/aromatic N) is 3.